The number of rotatable bonds is 20. The Balaban J connectivity index is 3.30. The van der Waals surface area contributed by atoms with Crippen molar-refractivity contribution in [3.63, 3.8) is 0 Å². The highest BCUT2D eigenvalue weighted by Crippen LogP contribution is 1.92. The molecule has 0 rings (SSSR count). The monoisotopic (exact) mass is 404 g/mol. The molecule has 0 bridgehead atoms. The molecule has 0 heterocycles. The van der Waals surface area contributed by atoms with E-state index in [-0.39, 0.29) is 30.8 Å². The topological polar surface area (TPSA) is 112 Å². The predicted molar refractivity (Wildman–Crippen MR) is 104 cm³/mol. The van der Waals surface area contributed by atoms with Crippen LogP contribution >= 0.6 is 0 Å². The number of ketones is 1. The lowest BCUT2D eigenvalue weighted by atomic mass is 10.2. The number of nitrogens with one attached hydrogen (secondary N) is 2. The Morgan fingerprint density at radius 2 is 1.29 bits per heavy atom. The summed E-state index contributed by atoms with van der Waals surface area (Å²) in [4.78, 5) is 34.1. The molecule has 0 fully saturated rings. The molecule has 0 aromatic rings. The van der Waals surface area contributed by atoms with Gasteiger partial charge in [0.2, 0.25) is 11.8 Å². The van der Waals surface area contributed by atoms with Crippen LogP contribution in [0.2, 0.25) is 0 Å². The van der Waals surface area contributed by atoms with Crippen molar-refractivity contribution in [1.82, 2.24) is 10.6 Å². The van der Waals surface area contributed by atoms with Crippen LogP contribution in [-0.2, 0) is 33.3 Å². The number of hydrogen-bond donors (Lipinski definition) is 2. The number of carbonyl (C=O) groups is 3. The third-order valence-corrected chi connectivity index (χ3v) is 3.43. The van der Waals surface area contributed by atoms with Crippen molar-refractivity contribution in [3.05, 3.63) is 0 Å². The average Bonchev–Trinajstić information content (AvgIpc) is 2.69. The van der Waals surface area contributed by atoms with Gasteiger partial charge in [0.1, 0.15) is 13.2 Å². The van der Waals surface area contributed by atoms with Crippen molar-refractivity contribution in [2.45, 2.75) is 39.5 Å². The second-order valence-corrected chi connectivity index (χ2v) is 6.03. The predicted octanol–water partition coefficient (Wildman–Crippen LogP) is 0.455. The summed E-state index contributed by atoms with van der Waals surface area (Å²) in [6.07, 6.45) is 2.40. The van der Waals surface area contributed by atoms with Gasteiger partial charge in [0, 0.05) is 32.5 Å². The van der Waals surface area contributed by atoms with E-state index in [4.69, 9.17) is 18.9 Å². The van der Waals surface area contributed by atoms with E-state index in [9.17, 15) is 14.4 Å². The Bertz CT molecular complexity index is 419. The molecule has 0 saturated carbocycles. The fraction of sp³-hybridized carbons (Fsp3) is 0.842. The van der Waals surface area contributed by atoms with E-state index in [1.54, 1.807) is 6.92 Å². The zero-order valence-corrected chi connectivity index (χ0v) is 17.3. The minimum atomic E-state index is -0.198. The second-order valence-electron chi connectivity index (χ2n) is 6.03. The maximum absolute atomic E-state index is 11.6. The summed E-state index contributed by atoms with van der Waals surface area (Å²) in [5, 5.41) is 5.40. The van der Waals surface area contributed by atoms with Crippen molar-refractivity contribution >= 4 is 17.6 Å². The van der Waals surface area contributed by atoms with E-state index in [0.717, 1.165) is 6.42 Å². The highest BCUT2D eigenvalue weighted by molar-refractivity contribution is 5.79. The van der Waals surface area contributed by atoms with Crippen molar-refractivity contribution in [3.8, 4) is 0 Å². The molecule has 164 valence electrons. The fourth-order valence-electron chi connectivity index (χ4n) is 1.96. The van der Waals surface area contributed by atoms with Gasteiger partial charge in [-0.25, -0.2) is 0 Å². The summed E-state index contributed by atoms with van der Waals surface area (Å²) in [6, 6.07) is 0. The Morgan fingerprint density at radius 3 is 1.96 bits per heavy atom. The number of hydrogen-bond acceptors (Lipinski definition) is 7. The van der Waals surface area contributed by atoms with Crippen LogP contribution in [-0.4, -0.2) is 83.5 Å². The summed E-state index contributed by atoms with van der Waals surface area (Å²) >= 11 is 0. The number of carbonyl (C=O) groups excluding carboxylic acids is 3. The van der Waals surface area contributed by atoms with Crippen LogP contribution in [0.15, 0.2) is 0 Å². The summed E-state index contributed by atoms with van der Waals surface area (Å²) < 4.78 is 21.0. The van der Waals surface area contributed by atoms with Gasteiger partial charge in [0.25, 0.3) is 0 Å². The molecule has 2 amide bonds. The third-order valence-electron chi connectivity index (χ3n) is 3.43. The van der Waals surface area contributed by atoms with Crippen LogP contribution in [0.5, 0.6) is 0 Å². The minimum Gasteiger partial charge on any atom is -0.379 e. The van der Waals surface area contributed by atoms with E-state index < -0.39 is 0 Å². The molecule has 9 nitrogen and oxygen atoms in total. The lowest BCUT2D eigenvalue weighted by Crippen LogP contribution is -2.31. The van der Waals surface area contributed by atoms with Gasteiger partial charge in [-0.2, -0.15) is 0 Å². The van der Waals surface area contributed by atoms with E-state index >= 15 is 0 Å². The number of amides is 2. The van der Waals surface area contributed by atoms with Crippen LogP contribution in [0.4, 0.5) is 0 Å². The van der Waals surface area contributed by atoms with Crippen molar-refractivity contribution in [2.24, 2.45) is 0 Å². The van der Waals surface area contributed by atoms with Gasteiger partial charge in [-0.05, 0) is 12.8 Å². The highest BCUT2D eigenvalue weighted by atomic mass is 16.5. The SMILES string of the molecule is CCCOCCOCC(=O)NCCOCCOCC(=O)CCCNC(=O)CC. The largest absolute Gasteiger partial charge is 0.379 e. The quantitative estimate of drug-likeness (QED) is 0.283. The Hall–Kier alpha value is -1.55. The highest BCUT2D eigenvalue weighted by Gasteiger charge is 2.03. The van der Waals surface area contributed by atoms with E-state index in [2.05, 4.69) is 10.6 Å². The molecule has 0 aliphatic rings. The van der Waals surface area contributed by atoms with E-state index in [0.29, 0.717) is 72.0 Å². The van der Waals surface area contributed by atoms with Crippen molar-refractivity contribution < 1.29 is 33.3 Å². The lowest BCUT2D eigenvalue weighted by Gasteiger charge is -2.08. The Kier molecular flexibility index (Phi) is 19.1. The van der Waals surface area contributed by atoms with E-state index in [1.165, 1.54) is 0 Å². The molecule has 9 heteroatoms. The normalized spacial score (nSPS) is 10.6. The molecule has 28 heavy (non-hydrogen) atoms. The molecule has 0 aromatic carbocycles. The fourth-order valence-corrected chi connectivity index (χ4v) is 1.96. The average molecular weight is 405 g/mol. The first-order valence-corrected chi connectivity index (χ1v) is 9.96. The van der Waals surface area contributed by atoms with Gasteiger partial charge in [-0.15, -0.1) is 0 Å². The van der Waals surface area contributed by atoms with Gasteiger partial charge < -0.3 is 29.6 Å². The first-order valence-electron chi connectivity index (χ1n) is 9.96. The van der Waals surface area contributed by atoms with Gasteiger partial charge >= 0.3 is 0 Å². The van der Waals surface area contributed by atoms with E-state index in [1.807, 2.05) is 6.92 Å². The summed E-state index contributed by atoms with van der Waals surface area (Å²) in [7, 11) is 0. The molecule has 0 radical (unpaired) electrons. The molecule has 0 aliphatic carbocycles. The smallest absolute Gasteiger partial charge is 0.246 e. The van der Waals surface area contributed by atoms with Gasteiger partial charge in [0.15, 0.2) is 5.78 Å². The first kappa shape index (κ1) is 26.4. The van der Waals surface area contributed by atoms with Crippen LogP contribution in [0, 0.1) is 0 Å². The standard InChI is InChI=1S/C19H36N2O7/c1-3-9-25-11-14-28-16-19(24)21-8-10-26-12-13-27-15-17(22)6-5-7-20-18(23)4-2/h3-16H2,1-2H3,(H,20,23)(H,21,24). The molecule has 2 N–H and O–H groups in total. The summed E-state index contributed by atoms with van der Waals surface area (Å²) in [6.45, 7) is 7.35. The molecular formula is C19H36N2O7. The Labute approximate surface area is 167 Å². The molecule has 0 spiro atoms. The summed E-state index contributed by atoms with van der Waals surface area (Å²) in [5.74, 6) is -0.212. The number of ether oxygens (including phenoxy) is 4. The molecule has 0 aliphatic heterocycles. The second kappa shape index (κ2) is 20.2. The molecule has 0 aromatic heterocycles. The summed E-state index contributed by atoms with van der Waals surface area (Å²) in [5.41, 5.74) is 0. The van der Waals surface area contributed by atoms with Crippen molar-refractivity contribution in [2.75, 3.05) is 65.9 Å². The van der Waals surface area contributed by atoms with Crippen LogP contribution in [0.3, 0.4) is 0 Å². The minimum absolute atomic E-state index is 0.00175. The molecular weight excluding hydrogens is 368 g/mol. The first-order chi connectivity index (χ1) is 13.6. The Morgan fingerprint density at radius 1 is 0.679 bits per heavy atom. The van der Waals surface area contributed by atoms with Crippen LogP contribution in [0.1, 0.15) is 39.5 Å². The zero-order chi connectivity index (χ0) is 20.9. The van der Waals surface area contributed by atoms with Gasteiger partial charge in [-0.3, -0.25) is 14.4 Å². The van der Waals surface area contributed by atoms with Gasteiger partial charge in [-0.1, -0.05) is 13.8 Å². The van der Waals surface area contributed by atoms with Crippen LogP contribution in [0.25, 0.3) is 0 Å². The third kappa shape index (κ3) is 19.2. The molecule has 0 saturated heterocycles. The molecule has 0 atom stereocenters. The maximum atomic E-state index is 11.6. The van der Waals surface area contributed by atoms with Crippen LogP contribution < -0.4 is 10.6 Å². The van der Waals surface area contributed by atoms with Crippen molar-refractivity contribution in [1.29, 1.82) is 0 Å². The molecule has 0 unspecified atom stereocenters. The maximum Gasteiger partial charge on any atom is 0.246 e. The lowest BCUT2D eigenvalue weighted by molar-refractivity contribution is -0.127. The zero-order valence-electron chi connectivity index (χ0n) is 17.3. The number of Topliss-reactive ketones (excluding diaryl/α,β-unsaturated/α-hetero) is 1. The van der Waals surface area contributed by atoms with Gasteiger partial charge in [0.05, 0.1) is 33.0 Å².